The lowest BCUT2D eigenvalue weighted by molar-refractivity contribution is 0.424. The van der Waals surface area contributed by atoms with Crippen LogP contribution in [0.5, 0.6) is 0 Å². The van der Waals surface area contributed by atoms with E-state index in [1.54, 1.807) is 6.07 Å². The SMILES string of the molecule is C[C@@H](c1ccccc1)[C@@H](NCc1ccccc1B(O)O)c1ccccc1.Cc1ccccc1CN[C@@H](c1ccccc1)[C@@H](C)c1ccccc1. The average Bonchev–Trinajstić information content (AvgIpc) is 3.17. The Labute approximate surface area is 299 Å². The zero-order valence-electron chi connectivity index (χ0n) is 29.4. The molecule has 50 heavy (non-hydrogen) atoms. The summed E-state index contributed by atoms with van der Waals surface area (Å²) < 4.78 is 0. The van der Waals surface area contributed by atoms with Gasteiger partial charge in [-0.05, 0) is 51.3 Å². The number of aryl methyl sites for hydroxylation is 1. The van der Waals surface area contributed by atoms with Gasteiger partial charge < -0.3 is 20.7 Å². The molecule has 0 aromatic heterocycles. The van der Waals surface area contributed by atoms with Crippen LogP contribution in [0.3, 0.4) is 0 Å². The summed E-state index contributed by atoms with van der Waals surface area (Å²) >= 11 is 0. The maximum Gasteiger partial charge on any atom is 0.488 e. The standard InChI is InChI=1S/C23H25N.C22H24BNO2/c1-18-11-9-10-16-22(18)17-24-23(21-14-7-4-8-15-21)19(2)20-12-5-3-6-13-20;1-17(18-10-4-2-5-11-18)22(19-12-6-3-7-13-19)24-16-20-14-8-9-15-21(20)23(25)26/h3-16,19,23-24H,17H2,1-2H3;2-15,17,22,24-26H,16H2,1H3/t19-,23+;17-,22+/m00/s1. The van der Waals surface area contributed by atoms with Crippen molar-refractivity contribution >= 4 is 12.6 Å². The Morgan fingerprint density at radius 2 is 0.780 bits per heavy atom. The van der Waals surface area contributed by atoms with Gasteiger partial charge in [-0.15, -0.1) is 0 Å². The molecule has 4 atom stereocenters. The first-order valence-corrected chi connectivity index (χ1v) is 17.6. The molecule has 0 saturated heterocycles. The smallest absolute Gasteiger partial charge is 0.423 e. The lowest BCUT2D eigenvalue weighted by atomic mass is 9.77. The Morgan fingerprint density at radius 3 is 1.20 bits per heavy atom. The summed E-state index contributed by atoms with van der Waals surface area (Å²) in [6.07, 6.45) is 0. The first-order chi connectivity index (χ1) is 24.4. The number of hydrogen-bond acceptors (Lipinski definition) is 4. The van der Waals surface area contributed by atoms with Crippen LogP contribution in [0.15, 0.2) is 170 Å². The summed E-state index contributed by atoms with van der Waals surface area (Å²) in [4.78, 5) is 0. The topological polar surface area (TPSA) is 64.5 Å². The van der Waals surface area contributed by atoms with Gasteiger partial charge >= 0.3 is 7.12 Å². The van der Waals surface area contributed by atoms with Crippen LogP contribution >= 0.6 is 0 Å². The Morgan fingerprint density at radius 1 is 0.440 bits per heavy atom. The number of rotatable bonds is 13. The van der Waals surface area contributed by atoms with Gasteiger partial charge in [0.1, 0.15) is 0 Å². The Hall–Kier alpha value is -4.78. The lowest BCUT2D eigenvalue weighted by Crippen LogP contribution is -2.35. The minimum atomic E-state index is -1.46. The molecular weight excluding hydrogens is 611 g/mol. The Balaban J connectivity index is 0.000000195. The zero-order chi connectivity index (χ0) is 35.1. The monoisotopic (exact) mass is 660 g/mol. The molecule has 0 aliphatic carbocycles. The van der Waals surface area contributed by atoms with Crippen molar-refractivity contribution in [2.75, 3.05) is 0 Å². The third kappa shape index (κ3) is 10.1. The average molecular weight is 661 g/mol. The summed E-state index contributed by atoms with van der Waals surface area (Å²) in [6, 6.07) is 58.7. The van der Waals surface area contributed by atoms with Gasteiger partial charge in [-0.2, -0.15) is 0 Å². The van der Waals surface area contributed by atoms with Crippen molar-refractivity contribution in [3.05, 3.63) is 209 Å². The highest BCUT2D eigenvalue weighted by Crippen LogP contribution is 2.32. The van der Waals surface area contributed by atoms with Crippen LogP contribution in [0.25, 0.3) is 0 Å². The molecule has 6 rings (SSSR count). The Kier molecular flexibility index (Phi) is 13.8. The summed E-state index contributed by atoms with van der Waals surface area (Å²) in [6.45, 7) is 8.13. The third-order valence-electron chi connectivity index (χ3n) is 9.59. The van der Waals surface area contributed by atoms with Crippen molar-refractivity contribution in [3.8, 4) is 0 Å². The van der Waals surface area contributed by atoms with E-state index < -0.39 is 7.12 Å². The number of hydrogen-bond donors (Lipinski definition) is 4. The first kappa shape index (κ1) is 36.5. The summed E-state index contributed by atoms with van der Waals surface area (Å²) in [5.74, 6) is 0.669. The number of benzene rings is 6. The van der Waals surface area contributed by atoms with Gasteiger partial charge in [0.2, 0.25) is 0 Å². The van der Waals surface area contributed by atoms with Crippen LogP contribution in [-0.4, -0.2) is 17.2 Å². The van der Waals surface area contributed by atoms with Crippen LogP contribution in [0.4, 0.5) is 0 Å². The fourth-order valence-electron chi connectivity index (χ4n) is 6.58. The highest BCUT2D eigenvalue weighted by Gasteiger charge is 2.23. The molecule has 0 aliphatic heterocycles. The van der Waals surface area contributed by atoms with E-state index in [1.165, 1.54) is 33.4 Å². The summed E-state index contributed by atoms with van der Waals surface area (Å²) in [5, 5.41) is 26.6. The molecule has 0 saturated carbocycles. The van der Waals surface area contributed by atoms with Gasteiger partial charge in [0.05, 0.1) is 0 Å². The molecule has 4 N–H and O–H groups in total. The minimum Gasteiger partial charge on any atom is -0.423 e. The first-order valence-electron chi connectivity index (χ1n) is 17.6. The van der Waals surface area contributed by atoms with E-state index in [1.807, 2.05) is 42.5 Å². The summed E-state index contributed by atoms with van der Waals surface area (Å²) in [5.41, 5.74) is 9.31. The lowest BCUT2D eigenvalue weighted by Gasteiger charge is -2.27. The molecule has 0 heterocycles. The second-order valence-electron chi connectivity index (χ2n) is 12.9. The minimum absolute atomic E-state index is 0.113. The van der Waals surface area contributed by atoms with E-state index in [2.05, 4.69) is 153 Å². The van der Waals surface area contributed by atoms with E-state index in [9.17, 15) is 10.0 Å². The number of nitrogens with one attached hydrogen (secondary N) is 2. The van der Waals surface area contributed by atoms with E-state index in [-0.39, 0.29) is 18.0 Å². The highest BCUT2D eigenvalue weighted by molar-refractivity contribution is 6.59. The van der Waals surface area contributed by atoms with Crippen molar-refractivity contribution in [1.29, 1.82) is 0 Å². The van der Waals surface area contributed by atoms with Crippen LogP contribution in [-0.2, 0) is 13.1 Å². The maximum absolute atomic E-state index is 9.60. The predicted molar refractivity (Wildman–Crippen MR) is 209 cm³/mol. The van der Waals surface area contributed by atoms with E-state index in [0.717, 1.165) is 12.1 Å². The van der Waals surface area contributed by atoms with Gasteiger partial charge in [0.25, 0.3) is 0 Å². The molecule has 0 spiro atoms. The molecule has 4 nitrogen and oxygen atoms in total. The maximum atomic E-state index is 9.60. The second kappa shape index (κ2) is 18.8. The van der Waals surface area contributed by atoms with Gasteiger partial charge in [-0.1, -0.05) is 184 Å². The second-order valence-corrected chi connectivity index (χ2v) is 12.9. The van der Waals surface area contributed by atoms with Crippen LogP contribution in [0.2, 0.25) is 0 Å². The largest absolute Gasteiger partial charge is 0.488 e. The molecule has 6 aromatic carbocycles. The fraction of sp³-hybridized carbons (Fsp3) is 0.200. The fourth-order valence-corrected chi connectivity index (χ4v) is 6.58. The van der Waals surface area contributed by atoms with Crippen molar-refractivity contribution in [3.63, 3.8) is 0 Å². The zero-order valence-corrected chi connectivity index (χ0v) is 29.4. The van der Waals surface area contributed by atoms with Crippen molar-refractivity contribution in [2.45, 2.75) is 57.8 Å². The van der Waals surface area contributed by atoms with Gasteiger partial charge in [0.15, 0.2) is 0 Å². The van der Waals surface area contributed by atoms with Crippen molar-refractivity contribution in [2.24, 2.45) is 0 Å². The van der Waals surface area contributed by atoms with Crippen LogP contribution < -0.4 is 16.1 Å². The van der Waals surface area contributed by atoms with E-state index in [4.69, 9.17) is 0 Å². The molecule has 0 bridgehead atoms. The predicted octanol–water partition coefficient (Wildman–Crippen LogP) is 8.63. The molecule has 254 valence electrons. The van der Waals surface area contributed by atoms with Crippen LogP contribution in [0.1, 0.15) is 76.7 Å². The van der Waals surface area contributed by atoms with Gasteiger partial charge in [0, 0.05) is 37.0 Å². The molecule has 5 heteroatoms. The molecule has 0 aliphatic rings. The van der Waals surface area contributed by atoms with Gasteiger partial charge in [-0.25, -0.2) is 0 Å². The quantitative estimate of drug-likeness (QED) is 0.0937. The van der Waals surface area contributed by atoms with E-state index in [0.29, 0.717) is 17.9 Å². The molecule has 6 aromatic rings. The highest BCUT2D eigenvalue weighted by atomic mass is 16.4. The molecular formula is C45H49BN2O2. The van der Waals surface area contributed by atoms with Gasteiger partial charge in [-0.3, -0.25) is 0 Å². The molecule has 0 unspecified atom stereocenters. The van der Waals surface area contributed by atoms with Crippen molar-refractivity contribution in [1.82, 2.24) is 10.6 Å². The Bertz CT molecular complexity index is 1840. The van der Waals surface area contributed by atoms with Crippen LogP contribution in [0, 0.1) is 6.92 Å². The van der Waals surface area contributed by atoms with E-state index >= 15 is 0 Å². The third-order valence-corrected chi connectivity index (χ3v) is 9.59. The normalized spacial score (nSPS) is 13.3. The molecule has 0 radical (unpaired) electrons. The summed E-state index contributed by atoms with van der Waals surface area (Å²) in [7, 11) is -1.46. The van der Waals surface area contributed by atoms with Crippen molar-refractivity contribution < 1.29 is 10.0 Å². The molecule has 0 fully saturated rings. The molecule has 0 amide bonds.